The Bertz CT molecular complexity index is 1140. The van der Waals surface area contributed by atoms with E-state index in [4.69, 9.17) is 0 Å². The fraction of sp³-hybridized carbons (Fsp3) is 0.100. The molecule has 3 aromatic heterocycles. The van der Waals surface area contributed by atoms with Crippen molar-refractivity contribution in [3.8, 4) is 0 Å². The number of H-pyrrole nitrogens is 1. The summed E-state index contributed by atoms with van der Waals surface area (Å²) in [5.74, 6) is -0.0952. The lowest BCUT2D eigenvalue weighted by Crippen LogP contribution is -2.28. The molecular weight excluding hydrogens is 326 g/mol. The van der Waals surface area contributed by atoms with Crippen LogP contribution in [-0.4, -0.2) is 20.2 Å². The Hall–Kier alpha value is -3.54. The Morgan fingerprint density at radius 2 is 1.65 bits per heavy atom. The van der Waals surface area contributed by atoms with Gasteiger partial charge in [0.25, 0.3) is 5.56 Å². The molecule has 0 radical (unpaired) electrons. The number of aromatic amines is 1. The third-order valence-corrected chi connectivity index (χ3v) is 4.87. The first-order valence-corrected chi connectivity index (χ1v) is 8.40. The van der Waals surface area contributed by atoms with Gasteiger partial charge < -0.3 is 5.32 Å². The van der Waals surface area contributed by atoms with Gasteiger partial charge in [-0.1, -0.05) is 18.2 Å². The maximum Gasteiger partial charge on any atom is 0.272 e. The van der Waals surface area contributed by atoms with E-state index in [0.29, 0.717) is 5.39 Å². The molecule has 4 aromatic rings. The summed E-state index contributed by atoms with van der Waals surface area (Å²) in [6, 6.07) is 13.6. The molecule has 0 fully saturated rings. The molecular formula is C20H15N5O. The second-order valence-electron chi connectivity index (χ2n) is 6.34. The number of aromatic nitrogens is 4. The molecule has 2 unspecified atom stereocenters. The van der Waals surface area contributed by atoms with Gasteiger partial charge in [0.15, 0.2) is 0 Å². The van der Waals surface area contributed by atoms with Crippen molar-refractivity contribution < 1.29 is 0 Å². The van der Waals surface area contributed by atoms with Crippen LogP contribution in [0, 0.1) is 0 Å². The van der Waals surface area contributed by atoms with Crippen LogP contribution in [-0.2, 0) is 0 Å². The SMILES string of the molecule is O=c1[nH]nc2c3c(cccc13)NC(c1cccnc1)C2c1cccnc1. The molecule has 126 valence electrons. The number of anilines is 1. The van der Waals surface area contributed by atoms with E-state index in [-0.39, 0.29) is 17.5 Å². The van der Waals surface area contributed by atoms with Gasteiger partial charge in [-0.05, 0) is 35.4 Å². The van der Waals surface area contributed by atoms with Gasteiger partial charge in [-0.3, -0.25) is 14.8 Å². The maximum absolute atomic E-state index is 12.2. The zero-order valence-corrected chi connectivity index (χ0v) is 13.8. The second-order valence-corrected chi connectivity index (χ2v) is 6.34. The van der Waals surface area contributed by atoms with E-state index in [1.165, 1.54) is 0 Å². The molecule has 6 heteroatoms. The van der Waals surface area contributed by atoms with Crippen LogP contribution < -0.4 is 10.9 Å². The topological polar surface area (TPSA) is 83.6 Å². The van der Waals surface area contributed by atoms with Gasteiger partial charge >= 0.3 is 0 Å². The average Bonchev–Trinajstić information content (AvgIpc) is 2.71. The lowest BCUT2D eigenvalue weighted by molar-refractivity contribution is 0.634. The normalized spacial score (nSPS) is 18.5. The molecule has 1 aromatic carbocycles. The van der Waals surface area contributed by atoms with Crippen molar-refractivity contribution in [2.45, 2.75) is 12.0 Å². The molecule has 0 saturated heterocycles. The molecule has 4 heterocycles. The van der Waals surface area contributed by atoms with Gasteiger partial charge in [0.2, 0.25) is 0 Å². The molecule has 0 aliphatic carbocycles. The summed E-state index contributed by atoms with van der Waals surface area (Å²) in [6.07, 6.45) is 7.22. The van der Waals surface area contributed by atoms with Crippen LogP contribution in [0.5, 0.6) is 0 Å². The standard InChI is InChI=1S/C20H15N5O/c26-20-14-6-1-7-15-17(14)19(24-25-20)16(12-4-2-8-21-10-12)18(23-15)13-5-3-9-22-11-13/h1-11,16,18,23H,(H,25,26). The molecule has 6 nitrogen and oxygen atoms in total. The van der Waals surface area contributed by atoms with Crippen LogP contribution in [0.15, 0.2) is 72.0 Å². The Balaban J connectivity index is 1.82. The molecule has 0 saturated carbocycles. The molecule has 0 bridgehead atoms. The first kappa shape index (κ1) is 14.8. The highest BCUT2D eigenvalue weighted by atomic mass is 16.1. The monoisotopic (exact) mass is 341 g/mol. The highest BCUT2D eigenvalue weighted by Crippen LogP contribution is 2.45. The molecule has 2 N–H and O–H groups in total. The van der Waals surface area contributed by atoms with Crippen molar-refractivity contribution in [2.24, 2.45) is 0 Å². The predicted octanol–water partition coefficient (Wildman–Crippen LogP) is 3.01. The zero-order chi connectivity index (χ0) is 17.5. The van der Waals surface area contributed by atoms with Crippen molar-refractivity contribution in [3.05, 3.63) is 94.4 Å². The lowest BCUT2D eigenvalue weighted by Gasteiger charge is -2.34. The molecule has 2 atom stereocenters. The third kappa shape index (κ3) is 2.19. The minimum absolute atomic E-state index is 0.0654. The summed E-state index contributed by atoms with van der Waals surface area (Å²) in [6.45, 7) is 0. The van der Waals surface area contributed by atoms with E-state index in [2.05, 4.69) is 25.5 Å². The van der Waals surface area contributed by atoms with E-state index < -0.39 is 0 Å². The van der Waals surface area contributed by atoms with E-state index >= 15 is 0 Å². The minimum atomic E-state index is -0.183. The fourth-order valence-electron chi connectivity index (χ4n) is 3.74. The van der Waals surface area contributed by atoms with Gasteiger partial charge in [0.1, 0.15) is 0 Å². The quantitative estimate of drug-likeness (QED) is 0.585. The van der Waals surface area contributed by atoms with E-state index in [9.17, 15) is 4.79 Å². The highest BCUT2D eigenvalue weighted by molar-refractivity contribution is 5.97. The number of hydrogen-bond donors (Lipinski definition) is 2. The van der Waals surface area contributed by atoms with E-state index in [1.807, 2.05) is 54.9 Å². The molecule has 0 spiro atoms. The molecule has 1 aliphatic rings. The molecule has 0 amide bonds. The van der Waals surface area contributed by atoms with Crippen molar-refractivity contribution >= 4 is 16.5 Å². The Labute approximate surface area is 149 Å². The smallest absolute Gasteiger partial charge is 0.272 e. The largest absolute Gasteiger partial charge is 0.377 e. The predicted molar refractivity (Wildman–Crippen MR) is 99.0 cm³/mol. The Kier molecular flexibility index (Phi) is 3.28. The van der Waals surface area contributed by atoms with Gasteiger partial charge in [0, 0.05) is 35.9 Å². The summed E-state index contributed by atoms with van der Waals surface area (Å²) in [4.78, 5) is 20.8. The lowest BCUT2D eigenvalue weighted by atomic mass is 9.81. The summed E-state index contributed by atoms with van der Waals surface area (Å²) in [7, 11) is 0. The van der Waals surface area contributed by atoms with Gasteiger partial charge in [0.05, 0.1) is 23.0 Å². The number of rotatable bonds is 2. The fourth-order valence-corrected chi connectivity index (χ4v) is 3.74. The molecule has 26 heavy (non-hydrogen) atoms. The number of benzene rings is 1. The minimum Gasteiger partial charge on any atom is -0.377 e. The van der Waals surface area contributed by atoms with Crippen LogP contribution in [0.1, 0.15) is 28.8 Å². The summed E-state index contributed by atoms with van der Waals surface area (Å²) < 4.78 is 0. The third-order valence-electron chi connectivity index (χ3n) is 4.87. The van der Waals surface area contributed by atoms with Gasteiger partial charge in [-0.25, -0.2) is 5.10 Å². The zero-order valence-electron chi connectivity index (χ0n) is 13.8. The van der Waals surface area contributed by atoms with Crippen molar-refractivity contribution in [1.82, 2.24) is 20.2 Å². The van der Waals surface area contributed by atoms with Crippen molar-refractivity contribution in [3.63, 3.8) is 0 Å². The van der Waals surface area contributed by atoms with E-state index in [0.717, 1.165) is 27.9 Å². The number of pyridine rings is 2. The Morgan fingerprint density at radius 3 is 2.38 bits per heavy atom. The second kappa shape index (κ2) is 5.77. The molecule has 1 aliphatic heterocycles. The van der Waals surface area contributed by atoms with Crippen LogP contribution in [0.25, 0.3) is 10.8 Å². The summed E-state index contributed by atoms with van der Waals surface area (Å²) in [5, 5.41) is 12.2. The van der Waals surface area contributed by atoms with Gasteiger partial charge in [-0.2, -0.15) is 5.10 Å². The van der Waals surface area contributed by atoms with Crippen LogP contribution in [0.4, 0.5) is 5.69 Å². The Morgan fingerprint density at radius 1 is 0.885 bits per heavy atom. The molecule has 5 rings (SSSR count). The van der Waals surface area contributed by atoms with Crippen LogP contribution in [0.3, 0.4) is 0 Å². The number of nitrogens with one attached hydrogen (secondary N) is 2. The van der Waals surface area contributed by atoms with Crippen molar-refractivity contribution in [1.29, 1.82) is 0 Å². The van der Waals surface area contributed by atoms with Crippen molar-refractivity contribution in [2.75, 3.05) is 5.32 Å². The highest BCUT2D eigenvalue weighted by Gasteiger charge is 2.34. The van der Waals surface area contributed by atoms with Crippen LogP contribution in [0.2, 0.25) is 0 Å². The van der Waals surface area contributed by atoms with Crippen LogP contribution >= 0.6 is 0 Å². The first-order chi connectivity index (χ1) is 12.8. The number of nitrogens with zero attached hydrogens (tertiary/aromatic N) is 3. The van der Waals surface area contributed by atoms with E-state index in [1.54, 1.807) is 12.4 Å². The summed E-state index contributed by atoms with van der Waals surface area (Å²) in [5.41, 5.74) is 3.65. The number of hydrogen-bond acceptors (Lipinski definition) is 5. The summed E-state index contributed by atoms with van der Waals surface area (Å²) >= 11 is 0. The maximum atomic E-state index is 12.2. The average molecular weight is 341 g/mol. The van der Waals surface area contributed by atoms with Gasteiger partial charge in [-0.15, -0.1) is 0 Å². The first-order valence-electron chi connectivity index (χ1n) is 8.40.